The molecular weight excluding hydrogens is 314 g/mol. The number of nitrogens with one attached hydrogen (secondary N) is 2. The molecule has 0 aliphatic carbocycles. The van der Waals surface area contributed by atoms with E-state index >= 15 is 0 Å². The highest BCUT2D eigenvalue weighted by Gasteiger charge is 2.32. The SMILES string of the molecule is CC(Cc1ccc(C#N)cc1)(NC(=O)N1CCCCC1)c1cnc[nH]1. The van der Waals surface area contributed by atoms with Crippen LogP contribution in [0.15, 0.2) is 36.8 Å². The number of nitriles is 1. The Balaban J connectivity index is 1.80. The van der Waals surface area contributed by atoms with Gasteiger partial charge in [0.05, 0.1) is 35.4 Å². The van der Waals surface area contributed by atoms with E-state index in [4.69, 9.17) is 5.26 Å². The number of benzene rings is 1. The van der Waals surface area contributed by atoms with Crippen LogP contribution in [0.3, 0.4) is 0 Å². The fraction of sp³-hybridized carbons (Fsp3) is 0.421. The van der Waals surface area contributed by atoms with Crippen LogP contribution in [-0.2, 0) is 12.0 Å². The van der Waals surface area contributed by atoms with Gasteiger partial charge in [-0.1, -0.05) is 12.1 Å². The highest BCUT2D eigenvalue weighted by Crippen LogP contribution is 2.25. The lowest BCUT2D eigenvalue weighted by Crippen LogP contribution is -2.52. The van der Waals surface area contributed by atoms with Crippen LogP contribution >= 0.6 is 0 Å². The number of imidazole rings is 1. The molecule has 1 unspecified atom stereocenters. The van der Waals surface area contributed by atoms with Gasteiger partial charge in [0.25, 0.3) is 0 Å². The predicted octanol–water partition coefficient (Wildman–Crippen LogP) is 2.93. The molecule has 1 aromatic heterocycles. The molecule has 0 bridgehead atoms. The fourth-order valence-corrected chi connectivity index (χ4v) is 3.28. The molecule has 25 heavy (non-hydrogen) atoms. The Kier molecular flexibility index (Phi) is 5.03. The standard InChI is InChI=1S/C19H23N5O/c1-19(17-13-21-14-22-17,11-15-5-7-16(12-20)8-6-15)23-18(25)24-9-3-2-4-10-24/h5-8,13-14H,2-4,9-11H2,1H3,(H,21,22)(H,23,25). The third kappa shape index (κ3) is 4.00. The van der Waals surface area contributed by atoms with E-state index in [0.29, 0.717) is 12.0 Å². The Morgan fingerprint density at radius 1 is 1.32 bits per heavy atom. The molecule has 1 aromatic carbocycles. The Morgan fingerprint density at radius 3 is 2.64 bits per heavy atom. The number of likely N-dealkylation sites (tertiary alicyclic amines) is 1. The zero-order valence-corrected chi connectivity index (χ0v) is 14.5. The van der Waals surface area contributed by atoms with Gasteiger partial charge in [-0.15, -0.1) is 0 Å². The predicted molar refractivity (Wildman–Crippen MR) is 94.8 cm³/mol. The highest BCUT2D eigenvalue weighted by atomic mass is 16.2. The summed E-state index contributed by atoms with van der Waals surface area (Å²) in [5.74, 6) is 0. The van der Waals surface area contributed by atoms with E-state index in [9.17, 15) is 4.79 Å². The van der Waals surface area contributed by atoms with E-state index in [1.54, 1.807) is 24.7 Å². The molecule has 2 aromatic rings. The van der Waals surface area contributed by atoms with E-state index < -0.39 is 5.54 Å². The lowest BCUT2D eigenvalue weighted by atomic mass is 9.89. The Bertz CT molecular complexity index is 741. The van der Waals surface area contributed by atoms with Gasteiger partial charge in [-0.2, -0.15) is 5.26 Å². The van der Waals surface area contributed by atoms with Crippen molar-refractivity contribution < 1.29 is 4.79 Å². The summed E-state index contributed by atoms with van der Waals surface area (Å²) in [7, 11) is 0. The quantitative estimate of drug-likeness (QED) is 0.899. The maximum atomic E-state index is 12.7. The number of urea groups is 1. The van der Waals surface area contributed by atoms with E-state index in [1.165, 1.54) is 6.42 Å². The first-order chi connectivity index (χ1) is 12.1. The van der Waals surface area contributed by atoms with Gasteiger partial charge in [-0.25, -0.2) is 9.78 Å². The average molecular weight is 337 g/mol. The number of hydrogen-bond acceptors (Lipinski definition) is 3. The smallest absolute Gasteiger partial charge is 0.318 e. The summed E-state index contributed by atoms with van der Waals surface area (Å²) in [5.41, 5.74) is 1.95. The van der Waals surface area contributed by atoms with E-state index in [2.05, 4.69) is 21.4 Å². The van der Waals surface area contributed by atoms with Gasteiger partial charge in [0.1, 0.15) is 0 Å². The van der Waals surface area contributed by atoms with Crippen molar-refractivity contribution in [2.75, 3.05) is 13.1 Å². The molecule has 130 valence electrons. The van der Waals surface area contributed by atoms with Crippen LogP contribution in [0.4, 0.5) is 4.79 Å². The van der Waals surface area contributed by atoms with Gasteiger partial charge in [-0.3, -0.25) is 0 Å². The molecule has 1 saturated heterocycles. The van der Waals surface area contributed by atoms with Crippen molar-refractivity contribution in [2.24, 2.45) is 0 Å². The van der Waals surface area contributed by atoms with Gasteiger partial charge < -0.3 is 15.2 Å². The number of piperidine rings is 1. The largest absolute Gasteiger partial charge is 0.347 e. The van der Waals surface area contributed by atoms with Crippen molar-refractivity contribution in [3.05, 3.63) is 53.6 Å². The van der Waals surface area contributed by atoms with Gasteiger partial charge in [-0.05, 0) is 43.9 Å². The first-order valence-corrected chi connectivity index (χ1v) is 8.66. The molecule has 3 rings (SSSR count). The zero-order valence-electron chi connectivity index (χ0n) is 14.5. The molecule has 0 saturated carbocycles. The van der Waals surface area contributed by atoms with Gasteiger partial charge in [0.2, 0.25) is 0 Å². The van der Waals surface area contributed by atoms with Crippen LogP contribution in [0, 0.1) is 11.3 Å². The highest BCUT2D eigenvalue weighted by molar-refractivity contribution is 5.75. The minimum atomic E-state index is -0.598. The summed E-state index contributed by atoms with van der Waals surface area (Å²) in [6.07, 6.45) is 7.29. The second kappa shape index (κ2) is 7.39. The summed E-state index contributed by atoms with van der Waals surface area (Å²) >= 11 is 0. The van der Waals surface area contributed by atoms with Gasteiger partial charge in [0, 0.05) is 19.5 Å². The maximum Gasteiger partial charge on any atom is 0.318 e. The zero-order chi connectivity index (χ0) is 17.7. The number of hydrogen-bond donors (Lipinski definition) is 2. The van der Waals surface area contributed by atoms with Crippen molar-refractivity contribution in [3.8, 4) is 6.07 Å². The molecule has 6 heteroatoms. The number of aromatic nitrogens is 2. The third-order valence-electron chi connectivity index (χ3n) is 4.76. The molecule has 2 heterocycles. The van der Waals surface area contributed by atoms with Crippen LogP contribution < -0.4 is 5.32 Å². The molecular formula is C19H23N5O. The average Bonchev–Trinajstić information content (AvgIpc) is 3.18. The summed E-state index contributed by atoms with van der Waals surface area (Å²) in [6, 6.07) is 9.55. The van der Waals surface area contributed by atoms with Crippen molar-refractivity contribution in [1.82, 2.24) is 20.2 Å². The Hall–Kier alpha value is -2.81. The monoisotopic (exact) mass is 337 g/mol. The van der Waals surface area contributed by atoms with Gasteiger partial charge >= 0.3 is 6.03 Å². The summed E-state index contributed by atoms with van der Waals surface area (Å²) in [4.78, 5) is 21.9. The van der Waals surface area contributed by atoms with Crippen LogP contribution in [0.1, 0.15) is 43.0 Å². The fourth-order valence-electron chi connectivity index (χ4n) is 3.28. The maximum absolute atomic E-state index is 12.7. The third-order valence-corrected chi connectivity index (χ3v) is 4.76. The van der Waals surface area contributed by atoms with Crippen LogP contribution in [0.5, 0.6) is 0 Å². The minimum absolute atomic E-state index is 0.0366. The summed E-state index contributed by atoms with van der Waals surface area (Å²) in [6.45, 7) is 3.62. The molecule has 1 atom stereocenters. The number of rotatable bonds is 4. The van der Waals surface area contributed by atoms with E-state index in [0.717, 1.165) is 37.2 Å². The summed E-state index contributed by atoms with van der Waals surface area (Å²) < 4.78 is 0. The van der Waals surface area contributed by atoms with Crippen LogP contribution in [0.25, 0.3) is 0 Å². The lowest BCUT2D eigenvalue weighted by molar-refractivity contribution is 0.173. The second-order valence-corrected chi connectivity index (χ2v) is 6.76. The molecule has 0 radical (unpaired) electrons. The molecule has 2 amide bonds. The molecule has 6 nitrogen and oxygen atoms in total. The molecule has 1 aliphatic heterocycles. The number of nitrogens with zero attached hydrogens (tertiary/aromatic N) is 3. The minimum Gasteiger partial charge on any atom is -0.347 e. The van der Waals surface area contributed by atoms with Crippen molar-refractivity contribution in [3.63, 3.8) is 0 Å². The Labute approximate surface area is 147 Å². The van der Waals surface area contributed by atoms with Crippen LogP contribution in [0.2, 0.25) is 0 Å². The molecule has 0 spiro atoms. The normalized spacial score (nSPS) is 16.7. The van der Waals surface area contributed by atoms with Gasteiger partial charge in [0.15, 0.2) is 0 Å². The number of carbonyl (C=O) groups excluding carboxylic acids is 1. The number of carbonyl (C=O) groups is 1. The van der Waals surface area contributed by atoms with E-state index in [1.807, 2.05) is 24.0 Å². The summed E-state index contributed by atoms with van der Waals surface area (Å²) in [5, 5.41) is 12.1. The van der Waals surface area contributed by atoms with Crippen molar-refractivity contribution >= 4 is 6.03 Å². The number of aromatic amines is 1. The van der Waals surface area contributed by atoms with Crippen molar-refractivity contribution in [2.45, 2.75) is 38.1 Å². The van der Waals surface area contributed by atoms with E-state index in [-0.39, 0.29) is 6.03 Å². The molecule has 1 aliphatic rings. The second-order valence-electron chi connectivity index (χ2n) is 6.76. The first kappa shape index (κ1) is 17.0. The van der Waals surface area contributed by atoms with Crippen LogP contribution in [-0.4, -0.2) is 34.0 Å². The molecule has 1 fully saturated rings. The lowest BCUT2D eigenvalue weighted by Gasteiger charge is -2.34. The first-order valence-electron chi connectivity index (χ1n) is 8.66. The number of amides is 2. The topological polar surface area (TPSA) is 84.8 Å². The van der Waals surface area contributed by atoms with Crippen molar-refractivity contribution in [1.29, 1.82) is 5.26 Å². The molecule has 2 N–H and O–H groups in total. The Morgan fingerprint density at radius 2 is 2.04 bits per heavy atom. The number of H-pyrrole nitrogens is 1.